The van der Waals surface area contributed by atoms with E-state index < -0.39 is 6.43 Å². The zero-order valence-corrected chi connectivity index (χ0v) is 7.25. The highest BCUT2D eigenvalue weighted by Crippen LogP contribution is 2.34. The van der Waals surface area contributed by atoms with Gasteiger partial charge < -0.3 is 9.47 Å². The van der Waals surface area contributed by atoms with Gasteiger partial charge in [0, 0.05) is 6.20 Å². The Hall–Kier alpha value is -1.39. The molecule has 0 aliphatic rings. The molecule has 0 N–H and O–H groups in total. The average molecular weight is 189 g/mol. The fraction of sp³-hybridized carbons (Fsp3) is 0.375. The zero-order chi connectivity index (χ0) is 9.84. The Bertz CT molecular complexity index is 269. The van der Waals surface area contributed by atoms with Crippen molar-refractivity contribution < 1.29 is 18.3 Å². The standard InChI is InChI=1S/C8H9F2NO2/c1-12-5-3-4-11-8(13-2)6(5)7(9)10/h3-4,7H,1-2H3. The molecular weight excluding hydrogens is 180 g/mol. The number of nitrogens with zero attached hydrogens (tertiary/aromatic N) is 1. The van der Waals surface area contributed by atoms with Gasteiger partial charge in [-0.15, -0.1) is 0 Å². The fourth-order valence-corrected chi connectivity index (χ4v) is 0.979. The highest BCUT2D eigenvalue weighted by molar-refractivity contribution is 5.40. The topological polar surface area (TPSA) is 31.4 Å². The van der Waals surface area contributed by atoms with Crippen LogP contribution in [-0.2, 0) is 0 Å². The van der Waals surface area contributed by atoms with E-state index in [1.165, 1.54) is 26.5 Å². The van der Waals surface area contributed by atoms with E-state index in [-0.39, 0.29) is 17.2 Å². The normalized spacial score (nSPS) is 10.2. The third kappa shape index (κ3) is 1.85. The predicted octanol–water partition coefficient (Wildman–Crippen LogP) is 2.04. The molecule has 0 saturated heterocycles. The minimum Gasteiger partial charge on any atom is -0.496 e. The van der Waals surface area contributed by atoms with Crippen LogP contribution in [0.4, 0.5) is 8.78 Å². The molecule has 0 fully saturated rings. The van der Waals surface area contributed by atoms with Crippen molar-refractivity contribution in [3.8, 4) is 11.6 Å². The van der Waals surface area contributed by atoms with E-state index in [4.69, 9.17) is 4.74 Å². The molecule has 13 heavy (non-hydrogen) atoms. The molecule has 0 aliphatic heterocycles. The van der Waals surface area contributed by atoms with Crippen molar-refractivity contribution in [2.45, 2.75) is 6.43 Å². The van der Waals surface area contributed by atoms with E-state index in [0.717, 1.165) is 0 Å². The Labute approximate surface area is 74.3 Å². The van der Waals surface area contributed by atoms with Gasteiger partial charge >= 0.3 is 0 Å². The number of methoxy groups -OCH3 is 2. The van der Waals surface area contributed by atoms with Crippen molar-refractivity contribution >= 4 is 0 Å². The Kier molecular flexibility index (Phi) is 3.00. The highest BCUT2D eigenvalue weighted by atomic mass is 19.3. The van der Waals surface area contributed by atoms with Crippen LogP contribution in [-0.4, -0.2) is 19.2 Å². The first-order valence-electron chi connectivity index (χ1n) is 3.55. The lowest BCUT2D eigenvalue weighted by atomic mass is 10.2. The fourth-order valence-electron chi connectivity index (χ4n) is 0.979. The van der Waals surface area contributed by atoms with Crippen LogP contribution >= 0.6 is 0 Å². The van der Waals surface area contributed by atoms with Crippen LogP contribution < -0.4 is 9.47 Å². The maximum Gasteiger partial charge on any atom is 0.272 e. The van der Waals surface area contributed by atoms with Crippen molar-refractivity contribution in [2.24, 2.45) is 0 Å². The Morgan fingerprint density at radius 2 is 2.00 bits per heavy atom. The summed E-state index contributed by atoms with van der Waals surface area (Å²) in [7, 11) is 2.61. The summed E-state index contributed by atoms with van der Waals surface area (Å²) in [4.78, 5) is 3.64. The largest absolute Gasteiger partial charge is 0.496 e. The minimum absolute atomic E-state index is 0.0850. The SMILES string of the molecule is COc1ccnc(OC)c1C(F)F. The summed E-state index contributed by atoms with van der Waals surface area (Å²) in [6.45, 7) is 0. The molecule has 1 aromatic rings. The summed E-state index contributed by atoms with van der Waals surface area (Å²) in [5.74, 6) is -0.0174. The van der Waals surface area contributed by atoms with E-state index in [1.54, 1.807) is 0 Å². The van der Waals surface area contributed by atoms with E-state index in [2.05, 4.69) is 9.72 Å². The van der Waals surface area contributed by atoms with Crippen LogP contribution in [0, 0.1) is 0 Å². The van der Waals surface area contributed by atoms with E-state index >= 15 is 0 Å². The van der Waals surface area contributed by atoms with Gasteiger partial charge in [-0.25, -0.2) is 13.8 Å². The molecule has 0 radical (unpaired) electrons. The molecule has 0 bridgehead atoms. The summed E-state index contributed by atoms with van der Waals surface area (Å²) >= 11 is 0. The Balaban J connectivity index is 3.21. The summed E-state index contributed by atoms with van der Waals surface area (Å²) in [6, 6.07) is 1.37. The molecule has 0 aliphatic carbocycles. The van der Waals surface area contributed by atoms with Crippen LogP contribution in [0.2, 0.25) is 0 Å². The number of aromatic nitrogens is 1. The highest BCUT2D eigenvalue weighted by Gasteiger charge is 2.20. The third-order valence-electron chi connectivity index (χ3n) is 1.55. The van der Waals surface area contributed by atoms with E-state index in [9.17, 15) is 8.78 Å². The van der Waals surface area contributed by atoms with E-state index in [1.807, 2.05) is 0 Å². The number of halogens is 2. The van der Waals surface area contributed by atoms with Crippen LogP contribution in [0.1, 0.15) is 12.0 Å². The van der Waals surface area contributed by atoms with Gasteiger partial charge in [0.25, 0.3) is 6.43 Å². The smallest absolute Gasteiger partial charge is 0.272 e. The number of ether oxygens (including phenoxy) is 2. The van der Waals surface area contributed by atoms with Crippen LogP contribution in [0.3, 0.4) is 0 Å². The lowest BCUT2D eigenvalue weighted by Gasteiger charge is -2.10. The van der Waals surface area contributed by atoms with Crippen molar-refractivity contribution in [3.63, 3.8) is 0 Å². The first-order chi connectivity index (χ1) is 6.20. The lowest BCUT2D eigenvalue weighted by molar-refractivity contribution is 0.141. The molecule has 0 atom stereocenters. The molecule has 0 unspecified atom stereocenters. The van der Waals surface area contributed by atoms with Gasteiger partial charge in [0.2, 0.25) is 5.88 Å². The lowest BCUT2D eigenvalue weighted by Crippen LogP contribution is -1.98. The van der Waals surface area contributed by atoms with Gasteiger partial charge in [-0.05, 0) is 6.07 Å². The zero-order valence-electron chi connectivity index (χ0n) is 7.25. The maximum absolute atomic E-state index is 12.5. The van der Waals surface area contributed by atoms with Gasteiger partial charge in [0.05, 0.1) is 14.2 Å². The van der Waals surface area contributed by atoms with Crippen molar-refractivity contribution in [3.05, 3.63) is 17.8 Å². The van der Waals surface area contributed by atoms with Crippen molar-refractivity contribution in [1.29, 1.82) is 0 Å². The Morgan fingerprint density at radius 1 is 1.31 bits per heavy atom. The third-order valence-corrected chi connectivity index (χ3v) is 1.55. The molecule has 0 spiro atoms. The quantitative estimate of drug-likeness (QED) is 0.729. The number of rotatable bonds is 3. The second-order valence-electron chi connectivity index (χ2n) is 2.24. The molecule has 0 aromatic carbocycles. The summed E-state index contributed by atoms with van der Waals surface area (Å²) in [5.41, 5.74) is -0.312. The summed E-state index contributed by atoms with van der Waals surface area (Å²) < 4.78 is 34.4. The number of alkyl halides is 2. The molecule has 0 amide bonds. The van der Waals surface area contributed by atoms with Crippen LogP contribution in [0.25, 0.3) is 0 Å². The van der Waals surface area contributed by atoms with Gasteiger partial charge in [0.1, 0.15) is 11.3 Å². The van der Waals surface area contributed by atoms with Crippen LogP contribution in [0.5, 0.6) is 11.6 Å². The first-order valence-corrected chi connectivity index (χ1v) is 3.55. The summed E-state index contributed by atoms with van der Waals surface area (Å²) in [5, 5.41) is 0. The molecule has 1 rings (SSSR count). The number of hydrogen-bond acceptors (Lipinski definition) is 3. The number of pyridine rings is 1. The molecule has 72 valence electrons. The monoisotopic (exact) mass is 189 g/mol. The second-order valence-corrected chi connectivity index (χ2v) is 2.24. The van der Waals surface area contributed by atoms with E-state index in [0.29, 0.717) is 0 Å². The van der Waals surface area contributed by atoms with Gasteiger partial charge in [0.15, 0.2) is 0 Å². The molecule has 0 saturated carbocycles. The van der Waals surface area contributed by atoms with Gasteiger partial charge in [-0.1, -0.05) is 0 Å². The maximum atomic E-state index is 12.5. The predicted molar refractivity (Wildman–Crippen MR) is 42.3 cm³/mol. The summed E-state index contributed by atoms with van der Waals surface area (Å²) in [6.07, 6.45) is -1.30. The molecule has 5 heteroatoms. The number of hydrogen-bond donors (Lipinski definition) is 0. The second kappa shape index (κ2) is 4.02. The van der Waals surface area contributed by atoms with Crippen molar-refractivity contribution in [2.75, 3.05) is 14.2 Å². The average Bonchev–Trinajstić information content (AvgIpc) is 2.16. The minimum atomic E-state index is -2.65. The van der Waals surface area contributed by atoms with Crippen LogP contribution in [0.15, 0.2) is 12.3 Å². The Morgan fingerprint density at radius 3 is 2.46 bits per heavy atom. The molecule has 3 nitrogen and oxygen atoms in total. The van der Waals surface area contributed by atoms with Gasteiger partial charge in [-0.2, -0.15) is 0 Å². The van der Waals surface area contributed by atoms with Crippen molar-refractivity contribution in [1.82, 2.24) is 4.98 Å². The molecule has 1 heterocycles. The first kappa shape index (κ1) is 9.70. The molecular formula is C8H9F2NO2. The molecule has 1 aromatic heterocycles. The van der Waals surface area contributed by atoms with Gasteiger partial charge in [-0.3, -0.25) is 0 Å².